The van der Waals surface area contributed by atoms with Gasteiger partial charge in [0.1, 0.15) is 11.9 Å². The number of hydrogen-bond acceptors (Lipinski definition) is 3. The van der Waals surface area contributed by atoms with Crippen molar-refractivity contribution in [2.24, 2.45) is 5.41 Å². The van der Waals surface area contributed by atoms with Crippen molar-refractivity contribution in [1.82, 2.24) is 4.98 Å². The van der Waals surface area contributed by atoms with Crippen molar-refractivity contribution in [3.63, 3.8) is 0 Å². The summed E-state index contributed by atoms with van der Waals surface area (Å²) in [5, 5.41) is 12.3. The van der Waals surface area contributed by atoms with E-state index < -0.39 is 0 Å². The minimum absolute atomic E-state index is 0.0525. The molecule has 0 aliphatic heterocycles. The SMILES string of the molecule is CC(C)(C)C(Nc1ccc(C#N)cn1)c1ccccc1. The molecular weight excluding hydrogens is 246 g/mol. The quantitative estimate of drug-likeness (QED) is 0.906. The van der Waals surface area contributed by atoms with E-state index in [4.69, 9.17) is 5.26 Å². The first-order chi connectivity index (χ1) is 9.50. The van der Waals surface area contributed by atoms with Crippen LogP contribution in [0.15, 0.2) is 48.7 Å². The Bertz CT molecular complexity index is 589. The molecule has 0 amide bonds. The molecule has 2 rings (SSSR count). The predicted octanol–water partition coefficient (Wildman–Crippen LogP) is 4.15. The highest BCUT2D eigenvalue weighted by Gasteiger charge is 2.26. The summed E-state index contributed by atoms with van der Waals surface area (Å²) in [4.78, 5) is 4.29. The van der Waals surface area contributed by atoms with Crippen LogP contribution in [0.25, 0.3) is 0 Å². The average Bonchev–Trinajstić information content (AvgIpc) is 2.45. The average molecular weight is 265 g/mol. The van der Waals surface area contributed by atoms with Gasteiger partial charge in [-0.25, -0.2) is 4.98 Å². The van der Waals surface area contributed by atoms with Crippen molar-refractivity contribution < 1.29 is 0 Å². The number of benzene rings is 1. The summed E-state index contributed by atoms with van der Waals surface area (Å²) in [5.74, 6) is 0.785. The number of aromatic nitrogens is 1. The van der Waals surface area contributed by atoms with Crippen LogP contribution in [0.4, 0.5) is 5.82 Å². The van der Waals surface area contributed by atoms with Crippen molar-refractivity contribution in [2.45, 2.75) is 26.8 Å². The number of pyridine rings is 1. The molecule has 0 aliphatic carbocycles. The van der Waals surface area contributed by atoms with Gasteiger partial charge in [0.15, 0.2) is 0 Å². The van der Waals surface area contributed by atoms with Crippen LogP contribution in [0, 0.1) is 16.7 Å². The molecule has 102 valence electrons. The van der Waals surface area contributed by atoms with Crippen molar-refractivity contribution in [1.29, 1.82) is 5.26 Å². The lowest BCUT2D eigenvalue weighted by atomic mass is 9.82. The fraction of sp³-hybridized carbons (Fsp3) is 0.294. The van der Waals surface area contributed by atoms with Gasteiger partial charge in [0.05, 0.1) is 11.6 Å². The Balaban J connectivity index is 2.27. The van der Waals surface area contributed by atoms with Gasteiger partial charge in [-0.05, 0) is 23.1 Å². The molecule has 1 unspecified atom stereocenters. The van der Waals surface area contributed by atoms with E-state index in [1.54, 1.807) is 12.3 Å². The maximum Gasteiger partial charge on any atom is 0.126 e. The van der Waals surface area contributed by atoms with Gasteiger partial charge in [-0.2, -0.15) is 5.26 Å². The van der Waals surface area contributed by atoms with Crippen molar-refractivity contribution in [3.8, 4) is 6.07 Å². The molecule has 1 N–H and O–H groups in total. The van der Waals surface area contributed by atoms with Gasteiger partial charge in [-0.1, -0.05) is 51.1 Å². The van der Waals surface area contributed by atoms with Gasteiger partial charge in [0.25, 0.3) is 0 Å². The minimum Gasteiger partial charge on any atom is -0.363 e. The van der Waals surface area contributed by atoms with Crippen LogP contribution in [0.5, 0.6) is 0 Å². The van der Waals surface area contributed by atoms with E-state index in [1.807, 2.05) is 24.3 Å². The Morgan fingerprint density at radius 1 is 1.10 bits per heavy atom. The summed E-state index contributed by atoms with van der Waals surface area (Å²) >= 11 is 0. The molecule has 0 fully saturated rings. The van der Waals surface area contributed by atoms with Gasteiger partial charge in [0, 0.05) is 6.20 Å². The number of hydrogen-bond donors (Lipinski definition) is 1. The summed E-state index contributed by atoms with van der Waals surface area (Å²) in [6.45, 7) is 6.59. The second-order valence-corrected chi connectivity index (χ2v) is 5.90. The molecule has 0 saturated heterocycles. The zero-order valence-corrected chi connectivity index (χ0v) is 12.1. The molecule has 0 saturated carbocycles. The van der Waals surface area contributed by atoms with Crippen molar-refractivity contribution >= 4 is 5.82 Å². The third kappa shape index (κ3) is 3.36. The van der Waals surface area contributed by atoms with Crippen LogP contribution in [-0.2, 0) is 0 Å². The summed E-state index contributed by atoms with van der Waals surface area (Å²) in [6, 6.07) is 16.2. The van der Waals surface area contributed by atoms with Gasteiger partial charge < -0.3 is 5.32 Å². The summed E-state index contributed by atoms with van der Waals surface area (Å²) in [7, 11) is 0. The summed E-state index contributed by atoms with van der Waals surface area (Å²) < 4.78 is 0. The van der Waals surface area contributed by atoms with Gasteiger partial charge in [-0.15, -0.1) is 0 Å². The molecule has 1 aromatic carbocycles. The van der Waals surface area contributed by atoms with Crippen LogP contribution in [0.3, 0.4) is 0 Å². The Morgan fingerprint density at radius 2 is 1.80 bits per heavy atom. The number of nitriles is 1. The maximum atomic E-state index is 8.81. The lowest BCUT2D eigenvalue weighted by Gasteiger charge is -2.32. The Morgan fingerprint density at radius 3 is 2.30 bits per heavy atom. The van der Waals surface area contributed by atoms with Crippen LogP contribution < -0.4 is 5.32 Å². The first-order valence-corrected chi connectivity index (χ1v) is 6.68. The monoisotopic (exact) mass is 265 g/mol. The zero-order chi connectivity index (χ0) is 14.6. The normalized spacial score (nSPS) is 12.5. The Labute approximate surface area is 120 Å². The van der Waals surface area contributed by atoms with Crippen LogP contribution >= 0.6 is 0 Å². The first kappa shape index (κ1) is 14.1. The van der Waals surface area contributed by atoms with Gasteiger partial charge in [-0.3, -0.25) is 0 Å². The standard InChI is InChI=1S/C17H19N3/c1-17(2,3)16(14-7-5-4-6-8-14)20-15-10-9-13(11-18)12-19-15/h4-10,12,16H,1-3H3,(H,19,20). The van der Waals surface area contributed by atoms with Crippen LogP contribution in [0.1, 0.15) is 37.9 Å². The van der Waals surface area contributed by atoms with E-state index >= 15 is 0 Å². The molecule has 0 spiro atoms. The maximum absolute atomic E-state index is 8.81. The van der Waals surface area contributed by atoms with E-state index in [0.717, 1.165) is 5.82 Å². The smallest absolute Gasteiger partial charge is 0.126 e. The van der Waals surface area contributed by atoms with Gasteiger partial charge >= 0.3 is 0 Å². The summed E-state index contributed by atoms with van der Waals surface area (Å²) in [6.07, 6.45) is 1.59. The molecule has 20 heavy (non-hydrogen) atoms. The first-order valence-electron chi connectivity index (χ1n) is 6.68. The Hall–Kier alpha value is -2.34. The van der Waals surface area contributed by atoms with Crippen LogP contribution in [-0.4, -0.2) is 4.98 Å². The van der Waals surface area contributed by atoms with E-state index in [-0.39, 0.29) is 11.5 Å². The predicted molar refractivity (Wildman–Crippen MR) is 81.2 cm³/mol. The van der Waals surface area contributed by atoms with Crippen molar-refractivity contribution in [2.75, 3.05) is 5.32 Å². The minimum atomic E-state index is 0.0525. The largest absolute Gasteiger partial charge is 0.363 e. The summed E-state index contributed by atoms with van der Waals surface area (Å²) in [5.41, 5.74) is 1.85. The number of anilines is 1. The molecule has 0 radical (unpaired) electrons. The fourth-order valence-corrected chi connectivity index (χ4v) is 2.14. The molecular formula is C17H19N3. The second-order valence-electron chi connectivity index (χ2n) is 5.90. The molecule has 3 heteroatoms. The topological polar surface area (TPSA) is 48.7 Å². The molecule has 1 aromatic heterocycles. The second kappa shape index (κ2) is 5.75. The van der Waals surface area contributed by atoms with E-state index in [2.05, 4.69) is 49.3 Å². The molecule has 3 nitrogen and oxygen atoms in total. The van der Waals surface area contributed by atoms with E-state index in [0.29, 0.717) is 5.56 Å². The van der Waals surface area contributed by atoms with Crippen LogP contribution in [0.2, 0.25) is 0 Å². The number of nitrogens with one attached hydrogen (secondary N) is 1. The number of nitrogens with zero attached hydrogens (tertiary/aromatic N) is 2. The number of rotatable bonds is 3. The van der Waals surface area contributed by atoms with E-state index in [1.165, 1.54) is 5.56 Å². The lowest BCUT2D eigenvalue weighted by Crippen LogP contribution is -2.26. The Kier molecular flexibility index (Phi) is 4.05. The van der Waals surface area contributed by atoms with E-state index in [9.17, 15) is 0 Å². The molecule has 1 atom stereocenters. The fourth-order valence-electron chi connectivity index (χ4n) is 2.14. The zero-order valence-electron chi connectivity index (χ0n) is 12.1. The molecule has 0 bridgehead atoms. The molecule has 1 heterocycles. The van der Waals surface area contributed by atoms with Crippen molar-refractivity contribution in [3.05, 3.63) is 59.8 Å². The highest BCUT2D eigenvalue weighted by molar-refractivity contribution is 5.42. The lowest BCUT2D eigenvalue weighted by molar-refractivity contribution is 0.347. The van der Waals surface area contributed by atoms with Gasteiger partial charge in [0.2, 0.25) is 0 Å². The highest BCUT2D eigenvalue weighted by atomic mass is 15.0. The third-order valence-electron chi connectivity index (χ3n) is 3.18. The molecule has 0 aliphatic rings. The highest BCUT2D eigenvalue weighted by Crippen LogP contribution is 2.35. The third-order valence-corrected chi connectivity index (χ3v) is 3.18. The molecule has 2 aromatic rings.